The Balaban J connectivity index is 2.34. The van der Waals surface area contributed by atoms with Crippen LogP contribution in [-0.2, 0) is 0 Å². The fourth-order valence-electron chi connectivity index (χ4n) is 1.62. The Morgan fingerprint density at radius 2 is 1.77 bits per heavy atom. The molecule has 0 saturated heterocycles. The Morgan fingerprint density at radius 3 is 2.41 bits per heavy atom. The van der Waals surface area contributed by atoms with Crippen LogP contribution in [0, 0.1) is 10.1 Å². The van der Waals surface area contributed by atoms with E-state index in [0.29, 0.717) is 11.3 Å². The Bertz CT molecular complexity index is 783. The van der Waals surface area contributed by atoms with Gasteiger partial charge in [-0.05, 0) is 6.07 Å². The zero-order valence-electron chi connectivity index (χ0n) is 10.6. The van der Waals surface area contributed by atoms with Crippen molar-refractivity contribution >= 4 is 75.0 Å². The van der Waals surface area contributed by atoms with E-state index in [1.807, 2.05) is 0 Å². The maximum absolute atomic E-state index is 10.8. The van der Waals surface area contributed by atoms with Gasteiger partial charge in [0.1, 0.15) is 4.99 Å². The van der Waals surface area contributed by atoms with Gasteiger partial charge < -0.3 is 5.32 Å². The minimum atomic E-state index is -0.505. The molecule has 0 amide bonds. The van der Waals surface area contributed by atoms with Crippen LogP contribution in [0.5, 0.6) is 0 Å². The van der Waals surface area contributed by atoms with E-state index in [1.165, 1.54) is 24.3 Å². The molecule has 9 heteroatoms. The lowest BCUT2D eigenvalue weighted by atomic mass is 10.2. The van der Waals surface area contributed by atoms with Gasteiger partial charge in [0.2, 0.25) is 0 Å². The molecule has 0 aromatic heterocycles. The highest BCUT2D eigenvalue weighted by atomic mass is 35.5. The highest BCUT2D eigenvalue weighted by Crippen LogP contribution is 2.40. The van der Waals surface area contributed by atoms with Gasteiger partial charge in [-0.25, -0.2) is 0 Å². The number of rotatable bonds is 3. The molecule has 1 N–H and O–H groups in total. The molecular formula is C13H6Cl4N2O2S. The van der Waals surface area contributed by atoms with Crippen molar-refractivity contribution in [1.82, 2.24) is 0 Å². The number of thiocarbonyl (C=S) groups is 1. The lowest BCUT2D eigenvalue weighted by molar-refractivity contribution is -0.384. The Morgan fingerprint density at radius 1 is 1.09 bits per heavy atom. The van der Waals surface area contributed by atoms with Crippen molar-refractivity contribution in [3.63, 3.8) is 0 Å². The van der Waals surface area contributed by atoms with E-state index < -0.39 is 4.92 Å². The molecule has 0 atom stereocenters. The normalized spacial score (nSPS) is 10.4. The van der Waals surface area contributed by atoms with E-state index in [0.717, 1.165) is 0 Å². The van der Waals surface area contributed by atoms with Gasteiger partial charge in [0.05, 0.1) is 30.7 Å². The van der Waals surface area contributed by atoms with E-state index in [-0.39, 0.29) is 30.8 Å². The van der Waals surface area contributed by atoms with Crippen molar-refractivity contribution in [3.05, 3.63) is 66.1 Å². The Labute approximate surface area is 151 Å². The Kier molecular flexibility index (Phi) is 5.47. The highest BCUT2D eigenvalue weighted by Gasteiger charge is 2.15. The average molecular weight is 396 g/mol. The molecule has 114 valence electrons. The number of hydrogen-bond donors (Lipinski definition) is 1. The van der Waals surface area contributed by atoms with Crippen molar-refractivity contribution in [2.75, 3.05) is 5.32 Å². The number of halogens is 4. The molecule has 4 nitrogen and oxygen atoms in total. The predicted octanol–water partition coefficient (Wildman–Crippen LogP) is 6.00. The van der Waals surface area contributed by atoms with Crippen molar-refractivity contribution < 1.29 is 4.92 Å². The van der Waals surface area contributed by atoms with Gasteiger partial charge >= 0.3 is 0 Å². The fraction of sp³-hybridized carbons (Fsp3) is 0. The summed E-state index contributed by atoms with van der Waals surface area (Å²) in [6, 6.07) is 7.36. The molecule has 0 spiro atoms. The fourth-order valence-corrected chi connectivity index (χ4v) is 2.71. The van der Waals surface area contributed by atoms with Crippen LogP contribution in [-0.4, -0.2) is 9.91 Å². The number of benzene rings is 2. The van der Waals surface area contributed by atoms with E-state index in [4.69, 9.17) is 58.6 Å². The van der Waals surface area contributed by atoms with Gasteiger partial charge in [-0.3, -0.25) is 10.1 Å². The van der Waals surface area contributed by atoms with Crippen molar-refractivity contribution in [2.24, 2.45) is 0 Å². The van der Waals surface area contributed by atoms with Crippen LogP contribution in [0.3, 0.4) is 0 Å². The summed E-state index contributed by atoms with van der Waals surface area (Å²) in [4.78, 5) is 10.5. The van der Waals surface area contributed by atoms with Gasteiger partial charge in [0.15, 0.2) is 0 Å². The monoisotopic (exact) mass is 394 g/mol. The lowest BCUT2D eigenvalue weighted by Crippen LogP contribution is -2.11. The quantitative estimate of drug-likeness (QED) is 0.228. The minimum Gasteiger partial charge on any atom is -0.345 e. The molecule has 2 aromatic rings. The summed E-state index contributed by atoms with van der Waals surface area (Å²) in [5, 5.41) is 14.2. The SMILES string of the molecule is O=[N+]([O-])c1cccc(C(=S)Nc2cc(Cl)c(Cl)c(Cl)c2Cl)c1. The molecular weight excluding hydrogens is 390 g/mol. The van der Waals surface area contributed by atoms with Gasteiger partial charge in [-0.1, -0.05) is 70.8 Å². The van der Waals surface area contributed by atoms with Crippen LogP contribution in [0.25, 0.3) is 0 Å². The molecule has 2 rings (SSSR count). The number of anilines is 1. The summed E-state index contributed by atoms with van der Waals surface area (Å²) >= 11 is 29.1. The molecule has 0 unspecified atom stereocenters. The smallest absolute Gasteiger partial charge is 0.270 e. The molecule has 0 saturated carbocycles. The minimum absolute atomic E-state index is 0.0695. The summed E-state index contributed by atoms with van der Waals surface area (Å²) < 4.78 is 0. The van der Waals surface area contributed by atoms with Gasteiger partial charge in [-0.15, -0.1) is 0 Å². The average Bonchev–Trinajstić information content (AvgIpc) is 2.50. The van der Waals surface area contributed by atoms with Gasteiger partial charge in [0.25, 0.3) is 5.69 Å². The Hall–Kier alpha value is -1.11. The van der Waals surface area contributed by atoms with Gasteiger partial charge in [-0.2, -0.15) is 0 Å². The predicted molar refractivity (Wildman–Crippen MR) is 94.9 cm³/mol. The standard InChI is InChI=1S/C13H6Cl4N2O2S/c14-8-5-9(11(16)12(17)10(8)15)18-13(22)6-2-1-3-7(4-6)19(20)21/h1-5H,(H,18,22). The van der Waals surface area contributed by atoms with Crippen molar-refractivity contribution in [2.45, 2.75) is 0 Å². The third-order valence-corrected chi connectivity index (χ3v) is 4.76. The van der Waals surface area contributed by atoms with E-state index in [9.17, 15) is 10.1 Å². The maximum atomic E-state index is 10.8. The first-order chi connectivity index (χ1) is 10.3. The molecule has 0 aliphatic carbocycles. The second-order valence-corrected chi connectivity index (χ2v) is 6.06. The molecule has 0 radical (unpaired) electrons. The second kappa shape index (κ2) is 6.98. The highest BCUT2D eigenvalue weighted by molar-refractivity contribution is 7.81. The van der Waals surface area contributed by atoms with E-state index in [1.54, 1.807) is 6.07 Å². The molecule has 0 bridgehead atoms. The first-order valence-electron chi connectivity index (χ1n) is 5.70. The summed E-state index contributed by atoms with van der Waals surface area (Å²) in [5.41, 5.74) is 0.750. The van der Waals surface area contributed by atoms with Crippen LogP contribution in [0.15, 0.2) is 30.3 Å². The molecule has 2 aromatic carbocycles. The number of non-ortho nitro benzene ring substituents is 1. The second-order valence-electron chi connectivity index (χ2n) is 4.11. The van der Waals surface area contributed by atoms with Crippen LogP contribution in [0.4, 0.5) is 11.4 Å². The van der Waals surface area contributed by atoms with E-state index >= 15 is 0 Å². The first kappa shape index (κ1) is 17.2. The molecule has 0 heterocycles. The van der Waals surface area contributed by atoms with Crippen LogP contribution in [0.2, 0.25) is 20.1 Å². The molecule has 22 heavy (non-hydrogen) atoms. The summed E-state index contributed by atoms with van der Waals surface area (Å²) in [6.45, 7) is 0. The van der Waals surface area contributed by atoms with E-state index in [2.05, 4.69) is 5.32 Å². The van der Waals surface area contributed by atoms with Crippen LogP contribution >= 0.6 is 58.6 Å². The number of nitrogens with one attached hydrogen (secondary N) is 1. The summed E-state index contributed by atoms with van der Waals surface area (Å²) in [6.07, 6.45) is 0. The maximum Gasteiger partial charge on any atom is 0.270 e. The molecule has 0 aliphatic heterocycles. The van der Waals surface area contributed by atoms with Crippen LogP contribution < -0.4 is 5.32 Å². The number of hydrogen-bond acceptors (Lipinski definition) is 3. The lowest BCUT2D eigenvalue weighted by Gasteiger charge is -2.12. The van der Waals surface area contributed by atoms with Crippen LogP contribution in [0.1, 0.15) is 5.56 Å². The largest absolute Gasteiger partial charge is 0.345 e. The number of nitrogens with zero attached hydrogens (tertiary/aromatic N) is 1. The zero-order valence-corrected chi connectivity index (χ0v) is 14.4. The number of nitro benzene ring substituents is 1. The van der Waals surface area contributed by atoms with Crippen molar-refractivity contribution in [3.8, 4) is 0 Å². The molecule has 0 aliphatic rings. The molecule has 0 fully saturated rings. The summed E-state index contributed by atoms with van der Waals surface area (Å²) in [5.74, 6) is 0. The third kappa shape index (κ3) is 3.62. The van der Waals surface area contributed by atoms with Gasteiger partial charge in [0, 0.05) is 17.7 Å². The summed E-state index contributed by atoms with van der Waals surface area (Å²) in [7, 11) is 0. The third-order valence-electron chi connectivity index (χ3n) is 2.67. The first-order valence-corrected chi connectivity index (χ1v) is 7.62. The number of nitro groups is 1. The van der Waals surface area contributed by atoms with Crippen molar-refractivity contribution in [1.29, 1.82) is 0 Å². The zero-order chi connectivity index (χ0) is 16.4. The topological polar surface area (TPSA) is 55.2 Å².